The van der Waals surface area contributed by atoms with Gasteiger partial charge in [-0.3, -0.25) is 14.9 Å². The fraction of sp³-hybridized carbons (Fsp3) is 0.304. The number of hydrogen-bond donors (Lipinski definition) is 1. The van der Waals surface area contributed by atoms with E-state index in [0.717, 1.165) is 5.69 Å². The lowest BCUT2D eigenvalue weighted by Gasteiger charge is -2.26. The van der Waals surface area contributed by atoms with E-state index < -0.39 is 15.9 Å². The third-order valence-electron chi connectivity index (χ3n) is 5.93. The number of benzene rings is 2. The molecule has 2 fully saturated rings. The Morgan fingerprint density at radius 2 is 1.71 bits per heavy atom. The average molecular weight is 498 g/mol. The molecule has 2 aromatic carbocycles. The molecule has 2 aliphatic heterocycles. The first-order chi connectivity index (χ1) is 16.9. The number of amides is 2. The number of ether oxygens (including phenoxy) is 1. The highest BCUT2D eigenvalue weighted by Gasteiger charge is 2.35. The molecular weight excluding hydrogens is 474 g/mol. The molecule has 35 heavy (non-hydrogen) atoms. The van der Waals surface area contributed by atoms with Crippen molar-refractivity contribution in [3.8, 4) is 0 Å². The second-order valence-electron chi connectivity index (χ2n) is 8.18. The number of nitrogens with zero attached hydrogens (tertiary/aromatic N) is 4. The fourth-order valence-corrected chi connectivity index (χ4v) is 5.47. The smallest absolute Gasteiger partial charge is 0.322 e. The van der Waals surface area contributed by atoms with Crippen molar-refractivity contribution < 1.29 is 27.2 Å². The number of rotatable bonds is 6. The Hall–Kier alpha value is -3.61. The van der Waals surface area contributed by atoms with Crippen molar-refractivity contribution in [3.05, 3.63) is 66.1 Å². The Kier molecular flexibility index (Phi) is 6.32. The summed E-state index contributed by atoms with van der Waals surface area (Å²) in [6.07, 6.45) is 0.226. The van der Waals surface area contributed by atoms with Crippen LogP contribution in [-0.4, -0.2) is 67.6 Å². The number of para-hydroxylation sites is 1. The molecule has 2 aliphatic rings. The summed E-state index contributed by atoms with van der Waals surface area (Å²) in [7, 11) is -3.65. The van der Waals surface area contributed by atoms with Crippen molar-refractivity contribution in [2.45, 2.75) is 17.2 Å². The van der Waals surface area contributed by atoms with Crippen molar-refractivity contribution in [2.75, 3.05) is 43.1 Å². The van der Waals surface area contributed by atoms with E-state index >= 15 is 0 Å². The molecule has 0 saturated carbocycles. The maximum absolute atomic E-state index is 12.7. The molecule has 0 unspecified atom stereocenters. The monoisotopic (exact) mass is 497 g/mol. The molecule has 3 aromatic rings. The Labute approximate surface area is 201 Å². The second-order valence-corrected chi connectivity index (χ2v) is 10.1. The van der Waals surface area contributed by atoms with E-state index in [1.807, 2.05) is 30.3 Å². The topological polar surface area (TPSA) is 135 Å². The summed E-state index contributed by atoms with van der Waals surface area (Å²) in [5, 5.41) is 10.4. The molecule has 11 nitrogen and oxygen atoms in total. The summed E-state index contributed by atoms with van der Waals surface area (Å²) in [4.78, 5) is 26.8. The van der Waals surface area contributed by atoms with Gasteiger partial charge >= 0.3 is 6.01 Å². The van der Waals surface area contributed by atoms with Crippen LogP contribution in [0.2, 0.25) is 0 Å². The molecule has 0 bridgehead atoms. The maximum atomic E-state index is 12.7. The lowest BCUT2D eigenvalue weighted by atomic mass is 10.1. The van der Waals surface area contributed by atoms with Gasteiger partial charge in [0.15, 0.2) is 0 Å². The summed E-state index contributed by atoms with van der Waals surface area (Å²) in [6.45, 7) is 1.69. The van der Waals surface area contributed by atoms with Crippen LogP contribution < -0.4 is 10.2 Å². The Balaban J connectivity index is 1.23. The summed E-state index contributed by atoms with van der Waals surface area (Å²) in [5.74, 6) is -0.592. The third kappa shape index (κ3) is 4.81. The molecule has 3 heterocycles. The van der Waals surface area contributed by atoms with Gasteiger partial charge < -0.3 is 14.1 Å². The van der Waals surface area contributed by atoms with E-state index in [1.54, 1.807) is 4.90 Å². The lowest BCUT2D eigenvalue weighted by molar-refractivity contribution is -0.117. The van der Waals surface area contributed by atoms with Crippen LogP contribution in [-0.2, 0) is 19.6 Å². The summed E-state index contributed by atoms with van der Waals surface area (Å²) >= 11 is 0. The Morgan fingerprint density at radius 1 is 1.00 bits per heavy atom. The molecule has 2 amide bonds. The first-order valence-electron chi connectivity index (χ1n) is 11.1. The van der Waals surface area contributed by atoms with E-state index in [9.17, 15) is 18.0 Å². The van der Waals surface area contributed by atoms with Gasteiger partial charge in [-0.2, -0.15) is 4.31 Å². The largest absolute Gasteiger partial charge is 0.407 e. The minimum Gasteiger partial charge on any atom is -0.407 e. The van der Waals surface area contributed by atoms with Crippen molar-refractivity contribution in [1.29, 1.82) is 0 Å². The zero-order valence-corrected chi connectivity index (χ0v) is 19.5. The molecule has 182 valence electrons. The fourth-order valence-electron chi connectivity index (χ4n) is 4.06. The van der Waals surface area contributed by atoms with Gasteiger partial charge in [0, 0.05) is 37.3 Å². The van der Waals surface area contributed by atoms with Gasteiger partial charge in [-0.1, -0.05) is 23.3 Å². The predicted octanol–water partition coefficient (Wildman–Crippen LogP) is 1.86. The van der Waals surface area contributed by atoms with Crippen molar-refractivity contribution in [1.82, 2.24) is 14.5 Å². The maximum Gasteiger partial charge on any atom is 0.322 e. The van der Waals surface area contributed by atoms with Crippen molar-refractivity contribution in [3.63, 3.8) is 0 Å². The molecule has 5 rings (SSSR count). The molecule has 0 aliphatic carbocycles. The Bertz CT molecular complexity index is 1320. The molecule has 1 aromatic heterocycles. The highest BCUT2D eigenvalue weighted by atomic mass is 32.2. The van der Waals surface area contributed by atoms with Gasteiger partial charge in [-0.15, -0.1) is 5.10 Å². The highest BCUT2D eigenvalue weighted by Crippen LogP contribution is 2.31. The molecule has 12 heteroatoms. The Morgan fingerprint density at radius 3 is 2.43 bits per heavy atom. The lowest BCUT2D eigenvalue weighted by Crippen LogP contribution is -2.40. The van der Waals surface area contributed by atoms with E-state index in [4.69, 9.17) is 9.15 Å². The van der Waals surface area contributed by atoms with Crippen LogP contribution in [0.3, 0.4) is 0 Å². The van der Waals surface area contributed by atoms with Crippen molar-refractivity contribution >= 4 is 33.5 Å². The number of carbonyl (C=O) groups excluding carboxylic acids is 2. The van der Waals surface area contributed by atoms with Crippen LogP contribution >= 0.6 is 0 Å². The molecule has 1 N–H and O–H groups in total. The van der Waals surface area contributed by atoms with Crippen molar-refractivity contribution in [2.24, 2.45) is 0 Å². The van der Waals surface area contributed by atoms with Crippen LogP contribution in [0.4, 0.5) is 11.7 Å². The zero-order chi connectivity index (χ0) is 24.4. The number of aromatic nitrogens is 2. The second kappa shape index (κ2) is 9.56. The summed E-state index contributed by atoms with van der Waals surface area (Å²) in [5.41, 5.74) is 1.03. The standard InChI is InChI=1S/C23H23N5O6S/c29-20-14-17(15-28(20)18-4-2-1-3-5-18)22-25-26-23(34-22)24-21(30)16-6-8-19(9-7-16)35(31,32)27-10-12-33-13-11-27/h1-9,17H,10-15H2,(H,24,26,30)/t17-/m0/s1. The number of morpholine rings is 1. The molecular formula is C23H23N5O6S. The normalized spacial score (nSPS) is 19.1. The van der Waals surface area contributed by atoms with Crippen LogP contribution in [0.15, 0.2) is 63.9 Å². The molecule has 1 atom stereocenters. The van der Waals surface area contributed by atoms with Crippen LogP contribution in [0.25, 0.3) is 0 Å². The molecule has 2 saturated heterocycles. The van der Waals surface area contributed by atoms with Crippen LogP contribution in [0.5, 0.6) is 0 Å². The first kappa shape index (κ1) is 23.1. The zero-order valence-electron chi connectivity index (χ0n) is 18.7. The van der Waals surface area contributed by atoms with Gasteiger partial charge in [0.25, 0.3) is 5.91 Å². The first-order valence-corrected chi connectivity index (χ1v) is 12.5. The molecule has 0 spiro atoms. The van der Waals surface area contributed by atoms with E-state index in [0.29, 0.717) is 32.8 Å². The highest BCUT2D eigenvalue weighted by molar-refractivity contribution is 7.89. The third-order valence-corrected chi connectivity index (χ3v) is 7.84. The predicted molar refractivity (Wildman–Crippen MR) is 124 cm³/mol. The van der Waals surface area contributed by atoms with Gasteiger partial charge in [0.1, 0.15) is 0 Å². The number of sulfonamides is 1. The van der Waals surface area contributed by atoms with Crippen LogP contribution in [0, 0.1) is 0 Å². The van der Waals surface area contributed by atoms with Gasteiger partial charge in [0.05, 0.1) is 24.0 Å². The minimum absolute atomic E-state index is 0.0443. The summed E-state index contributed by atoms with van der Waals surface area (Å²) < 4.78 is 37.6. The number of carbonyl (C=O) groups is 2. The van der Waals surface area contributed by atoms with Crippen LogP contribution in [0.1, 0.15) is 28.6 Å². The van der Waals surface area contributed by atoms with E-state index in [2.05, 4.69) is 15.5 Å². The van der Waals surface area contributed by atoms with E-state index in [1.165, 1.54) is 28.6 Å². The minimum atomic E-state index is -3.65. The number of anilines is 2. The average Bonchev–Trinajstić information content (AvgIpc) is 3.51. The van der Waals surface area contributed by atoms with Gasteiger partial charge in [0.2, 0.25) is 21.8 Å². The van der Waals surface area contributed by atoms with Gasteiger partial charge in [-0.05, 0) is 36.4 Å². The SMILES string of the molecule is O=C(Nc1nnc([C@H]2CC(=O)N(c3ccccc3)C2)o1)c1ccc(S(=O)(=O)N2CCOCC2)cc1. The number of hydrogen-bond acceptors (Lipinski definition) is 8. The summed E-state index contributed by atoms with van der Waals surface area (Å²) in [6, 6.07) is 14.9. The van der Waals surface area contributed by atoms with Gasteiger partial charge in [-0.25, -0.2) is 8.42 Å². The molecule has 0 radical (unpaired) electrons. The number of nitrogens with one attached hydrogen (secondary N) is 1. The quantitative estimate of drug-likeness (QED) is 0.545. The van der Waals surface area contributed by atoms with E-state index in [-0.39, 0.29) is 40.6 Å².